The van der Waals surface area contributed by atoms with E-state index in [0.717, 1.165) is 37.0 Å². The van der Waals surface area contributed by atoms with Crippen LogP contribution >= 0.6 is 0 Å². The monoisotopic (exact) mass is 360 g/mol. The largest absolute Gasteiger partial charge is 0.393 e. The predicted octanol–water partition coefficient (Wildman–Crippen LogP) is 5.33. The number of allylic oxidation sites excluding steroid dienone is 1. The average molecular weight is 361 g/mol. The minimum absolute atomic E-state index is 0.114. The molecule has 0 radical (unpaired) electrons. The summed E-state index contributed by atoms with van der Waals surface area (Å²) >= 11 is 0. The molecule has 0 aromatic carbocycles. The topological polar surface area (TPSA) is 40.5 Å². The van der Waals surface area contributed by atoms with Crippen LogP contribution in [0.2, 0.25) is 0 Å². The van der Waals surface area contributed by atoms with Crippen molar-refractivity contribution >= 4 is 0 Å². The maximum atomic E-state index is 11.3. The molecule has 2 N–H and O–H groups in total. The Labute approximate surface area is 160 Å². The third-order valence-electron chi connectivity index (χ3n) is 9.95. The first-order valence-corrected chi connectivity index (χ1v) is 11.2. The normalized spacial score (nSPS) is 50.5. The molecule has 0 aromatic heterocycles. The lowest BCUT2D eigenvalue weighted by Crippen LogP contribution is -2.54. The SMILES string of the molecule is CC(C)[C@](C)(O)[C@H]1CC[C@H]2C3CC=C4CC(O)CCC4(C)[C@H]3CCC21C. The summed E-state index contributed by atoms with van der Waals surface area (Å²) in [6.45, 7) is 11.5. The van der Waals surface area contributed by atoms with Crippen molar-refractivity contribution in [3.63, 3.8) is 0 Å². The molecule has 0 amide bonds. The molecule has 2 heteroatoms. The highest BCUT2D eigenvalue weighted by atomic mass is 16.3. The molecule has 4 unspecified atom stereocenters. The number of fused-ring (bicyclic) bond motifs is 5. The van der Waals surface area contributed by atoms with Crippen LogP contribution in [0.3, 0.4) is 0 Å². The number of rotatable bonds is 2. The van der Waals surface area contributed by atoms with Gasteiger partial charge < -0.3 is 10.2 Å². The van der Waals surface area contributed by atoms with Crippen LogP contribution in [0.15, 0.2) is 11.6 Å². The second-order valence-corrected chi connectivity index (χ2v) is 11.2. The molecule has 0 aromatic rings. The van der Waals surface area contributed by atoms with Crippen LogP contribution in [-0.2, 0) is 0 Å². The van der Waals surface area contributed by atoms with Crippen LogP contribution in [0.4, 0.5) is 0 Å². The second-order valence-electron chi connectivity index (χ2n) is 11.2. The zero-order valence-corrected chi connectivity index (χ0v) is 17.6. The van der Waals surface area contributed by atoms with Crippen molar-refractivity contribution in [1.29, 1.82) is 0 Å². The van der Waals surface area contributed by atoms with E-state index in [9.17, 15) is 10.2 Å². The van der Waals surface area contributed by atoms with Gasteiger partial charge in [-0.2, -0.15) is 0 Å². The first-order chi connectivity index (χ1) is 12.1. The molecule has 3 fully saturated rings. The third kappa shape index (κ3) is 2.50. The van der Waals surface area contributed by atoms with E-state index in [1.807, 2.05) is 0 Å². The molecular formula is C24H40O2. The molecule has 0 spiro atoms. The van der Waals surface area contributed by atoms with Crippen molar-refractivity contribution < 1.29 is 10.2 Å². The van der Waals surface area contributed by atoms with E-state index in [4.69, 9.17) is 0 Å². The molecule has 0 saturated heterocycles. The van der Waals surface area contributed by atoms with E-state index >= 15 is 0 Å². The maximum absolute atomic E-state index is 11.3. The fourth-order valence-electron chi connectivity index (χ4n) is 8.00. The van der Waals surface area contributed by atoms with Crippen LogP contribution in [0.5, 0.6) is 0 Å². The Hall–Kier alpha value is -0.340. The molecule has 2 nitrogen and oxygen atoms in total. The van der Waals surface area contributed by atoms with Gasteiger partial charge in [-0.15, -0.1) is 0 Å². The lowest BCUT2D eigenvalue weighted by Gasteiger charge is -2.59. The summed E-state index contributed by atoms with van der Waals surface area (Å²) in [5, 5.41) is 21.5. The molecule has 4 rings (SSSR count). The van der Waals surface area contributed by atoms with Gasteiger partial charge in [-0.05, 0) is 98.7 Å². The lowest BCUT2D eigenvalue weighted by molar-refractivity contribution is -0.119. The average Bonchev–Trinajstić information content (AvgIpc) is 2.93. The van der Waals surface area contributed by atoms with Crippen molar-refractivity contribution in [3.05, 3.63) is 11.6 Å². The summed E-state index contributed by atoms with van der Waals surface area (Å²) in [6.07, 6.45) is 11.7. The van der Waals surface area contributed by atoms with Gasteiger partial charge in [-0.25, -0.2) is 0 Å². The fourth-order valence-corrected chi connectivity index (χ4v) is 8.00. The van der Waals surface area contributed by atoms with Crippen LogP contribution in [0, 0.1) is 40.4 Å². The van der Waals surface area contributed by atoms with Gasteiger partial charge in [0.05, 0.1) is 11.7 Å². The molecule has 4 aliphatic rings. The summed E-state index contributed by atoms with van der Waals surface area (Å²) < 4.78 is 0. The van der Waals surface area contributed by atoms with E-state index in [1.54, 1.807) is 5.57 Å². The van der Waals surface area contributed by atoms with Gasteiger partial charge in [0.2, 0.25) is 0 Å². The van der Waals surface area contributed by atoms with E-state index in [2.05, 4.69) is 40.7 Å². The van der Waals surface area contributed by atoms with E-state index in [0.29, 0.717) is 22.7 Å². The Morgan fingerprint density at radius 3 is 2.50 bits per heavy atom. The Morgan fingerprint density at radius 1 is 1.08 bits per heavy atom. The molecule has 26 heavy (non-hydrogen) atoms. The van der Waals surface area contributed by atoms with Crippen molar-refractivity contribution in [2.75, 3.05) is 0 Å². The highest BCUT2D eigenvalue weighted by Crippen LogP contribution is 2.67. The molecule has 0 aliphatic heterocycles. The second kappa shape index (κ2) is 6.08. The van der Waals surface area contributed by atoms with Crippen molar-refractivity contribution in [2.45, 2.75) is 97.7 Å². The molecule has 3 saturated carbocycles. The van der Waals surface area contributed by atoms with Crippen molar-refractivity contribution in [1.82, 2.24) is 0 Å². The Balaban J connectivity index is 1.64. The Morgan fingerprint density at radius 2 is 1.81 bits per heavy atom. The van der Waals surface area contributed by atoms with Gasteiger partial charge in [0.15, 0.2) is 0 Å². The molecule has 4 aliphatic carbocycles. The molecule has 0 heterocycles. The minimum Gasteiger partial charge on any atom is -0.393 e. The van der Waals surface area contributed by atoms with Gasteiger partial charge >= 0.3 is 0 Å². The first-order valence-electron chi connectivity index (χ1n) is 11.2. The fraction of sp³-hybridized carbons (Fsp3) is 0.917. The Bertz CT molecular complexity index is 591. The zero-order chi connectivity index (χ0) is 18.9. The molecule has 8 atom stereocenters. The van der Waals surface area contributed by atoms with E-state index in [1.165, 1.54) is 32.1 Å². The van der Waals surface area contributed by atoms with Gasteiger partial charge in [0.1, 0.15) is 0 Å². The standard InChI is InChI=1S/C24H40O2/c1-15(2)24(5,26)21-9-8-19-18-7-6-16-14-17(25)10-12-22(16,3)20(18)11-13-23(19,21)4/h6,15,17-21,25-26H,7-14H2,1-5H3/t17?,18?,19-,20-,21-,22?,23?,24-/m0/s1. The van der Waals surface area contributed by atoms with Gasteiger partial charge in [0, 0.05) is 0 Å². The minimum atomic E-state index is -0.551. The lowest BCUT2D eigenvalue weighted by atomic mass is 9.46. The highest BCUT2D eigenvalue weighted by Gasteiger charge is 2.61. The van der Waals surface area contributed by atoms with Gasteiger partial charge in [-0.1, -0.05) is 39.3 Å². The first kappa shape index (κ1) is 19.0. The Kier molecular flexibility index (Phi) is 4.44. The van der Waals surface area contributed by atoms with E-state index in [-0.39, 0.29) is 6.10 Å². The number of aliphatic hydroxyl groups excluding tert-OH is 1. The number of hydrogen-bond donors (Lipinski definition) is 2. The van der Waals surface area contributed by atoms with Gasteiger partial charge in [-0.3, -0.25) is 0 Å². The van der Waals surface area contributed by atoms with E-state index < -0.39 is 5.60 Å². The van der Waals surface area contributed by atoms with Crippen LogP contribution in [-0.4, -0.2) is 21.9 Å². The predicted molar refractivity (Wildman–Crippen MR) is 107 cm³/mol. The van der Waals surface area contributed by atoms with Crippen LogP contribution in [0.25, 0.3) is 0 Å². The summed E-state index contributed by atoms with van der Waals surface area (Å²) in [5.74, 6) is 3.09. The summed E-state index contributed by atoms with van der Waals surface area (Å²) in [4.78, 5) is 0. The van der Waals surface area contributed by atoms with Crippen molar-refractivity contribution in [2.24, 2.45) is 40.4 Å². The highest BCUT2D eigenvalue weighted by molar-refractivity contribution is 5.25. The zero-order valence-electron chi connectivity index (χ0n) is 17.6. The third-order valence-corrected chi connectivity index (χ3v) is 9.95. The summed E-state index contributed by atoms with van der Waals surface area (Å²) in [7, 11) is 0. The summed E-state index contributed by atoms with van der Waals surface area (Å²) in [5.41, 5.74) is 1.63. The quantitative estimate of drug-likeness (QED) is 0.653. The maximum Gasteiger partial charge on any atom is 0.0675 e. The smallest absolute Gasteiger partial charge is 0.0675 e. The van der Waals surface area contributed by atoms with Crippen LogP contribution < -0.4 is 0 Å². The molecule has 148 valence electrons. The van der Waals surface area contributed by atoms with Crippen molar-refractivity contribution in [3.8, 4) is 0 Å². The number of hydrogen-bond acceptors (Lipinski definition) is 2. The summed E-state index contributed by atoms with van der Waals surface area (Å²) in [6, 6.07) is 0. The van der Waals surface area contributed by atoms with Crippen LogP contribution in [0.1, 0.15) is 86.0 Å². The van der Waals surface area contributed by atoms with Gasteiger partial charge in [0.25, 0.3) is 0 Å². The molecule has 0 bridgehead atoms. The molecular weight excluding hydrogens is 320 g/mol. The number of aliphatic hydroxyl groups is 2.